The fourth-order valence-electron chi connectivity index (χ4n) is 1.91. The Hall–Kier alpha value is -1.94. The SMILES string of the molecule is Cc1ccc2nc(-c3c(N)cccc3F)sc2c1. The number of halogens is 1. The van der Waals surface area contributed by atoms with Crippen LogP contribution < -0.4 is 5.73 Å². The molecule has 0 aliphatic carbocycles. The molecule has 18 heavy (non-hydrogen) atoms. The molecular weight excluding hydrogens is 247 g/mol. The fraction of sp³-hybridized carbons (Fsp3) is 0.0714. The molecule has 0 spiro atoms. The fourth-order valence-corrected chi connectivity index (χ4v) is 3.04. The summed E-state index contributed by atoms with van der Waals surface area (Å²) in [6.45, 7) is 2.02. The zero-order valence-corrected chi connectivity index (χ0v) is 10.6. The molecule has 1 heterocycles. The molecule has 90 valence electrons. The second-order valence-electron chi connectivity index (χ2n) is 4.19. The summed E-state index contributed by atoms with van der Waals surface area (Å²) < 4.78 is 14.9. The van der Waals surface area contributed by atoms with Gasteiger partial charge in [0.2, 0.25) is 0 Å². The maximum Gasteiger partial charge on any atom is 0.135 e. The molecule has 0 fully saturated rings. The van der Waals surface area contributed by atoms with Crippen molar-refractivity contribution in [2.45, 2.75) is 6.92 Å². The molecule has 0 saturated carbocycles. The largest absolute Gasteiger partial charge is 0.398 e. The Morgan fingerprint density at radius 3 is 2.83 bits per heavy atom. The summed E-state index contributed by atoms with van der Waals surface area (Å²) in [5, 5.41) is 0.631. The molecule has 0 saturated heterocycles. The van der Waals surface area contributed by atoms with Gasteiger partial charge in [0.15, 0.2) is 0 Å². The van der Waals surface area contributed by atoms with Gasteiger partial charge in [0, 0.05) is 5.69 Å². The predicted molar refractivity (Wildman–Crippen MR) is 74.2 cm³/mol. The van der Waals surface area contributed by atoms with Crippen molar-refractivity contribution in [3.63, 3.8) is 0 Å². The van der Waals surface area contributed by atoms with E-state index < -0.39 is 0 Å². The minimum Gasteiger partial charge on any atom is -0.398 e. The average molecular weight is 258 g/mol. The molecule has 0 unspecified atom stereocenters. The Balaban J connectivity index is 2.26. The summed E-state index contributed by atoms with van der Waals surface area (Å²) in [5.41, 5.74) is 8.70. The number of nitrogens with zero attached hydrogens (tertiary/aromatic N) is 1. The van der Waals surface area contributed by atoms with Crippen LogP contribution in [-0.2, 0) is 0 Å². The van der Waals surface area contributed by atoms with Crippen LogP contribution in [0.25, 0.3) is 20.8 Å². The molecule has 3 aromatic rings. The first-order valence-corrected chi connectivity index (χ1v) is 6.38. The smallest absolute Gasteiger partial charge is 0.135 e. The Morgan fingerprint density at radius 1 is 1.22 bits per heavy atom. The quantitative estimate of drug-likeness (QED) is 0.670. The van der Waals surface area contributed by atoms with Crippen LogP contribution in [0.3, 0.4) is 0 Å². The molecule has 0 atom stereocenters. The number of hydrogen-bond donors (Lipinski definition) is 1. The van der Waals surface area contributed by atoms with E-state index in [2.05, 4.69) is 4.98 Å². The van der Waals surface area contributed by atoms with E-state index in [9.17, 15) is 4.39 Å². The van der Waals surface area contributed by atoms with Gasteiger partial charge in [-0.2, -0.15) is 0 Å². The summed E-state index contributed by atoms with van der Waals surface area (Å²) in [6.07, 6.45) is 0. The van der Waals surface area contributed by atoms with Crippen LogP contribution >= 0.6 is 11.3 Å². The number of anilines is 1. The van der Waals surface area contributed by atoms with Crippen LogP contribution in [0.4, 0.5) is 10.1 Å². The van der Waals surface area contributed by atoms with Crippen molar-refractivity contribution in [1.29, 1.82) is 0 Å². The average Bonchev–Trinajstić information content (AvgIpc) is 2.71. The van der Waals surface area contributed by atoms with E-state index in [0.717, 1.165) is 10.2 Å². The van der Waals surface area contributed by atoms with Crippen LogP contribution in [0.2, 0.25) is 0 Å². The van der Waals surface area contributed by atoms with E-state index in [1.54, 1.807) is 12.1 Å². The highest BCUT2D eigenvalue weighted by Crippen LogP contribution is 2.35. The number of nitrogens with two attached hydrogens (primary N) is 1. The van der Waals surface area contributed by atoms with E-state index in [0.29, 0.717) is 16.3 Å². The van der Waals surface area contributed by atoms with E-state index >= 15 is 0 Å². The van der Waals surface area contributed by atoms with Crippen LogP contribution in [0.15, 0.2) is 36.4 Å². The normalized spacial score (nSPS) is 11.0. The second kappa shape index (κ2) is 4.07. The summed E-state index contributed by atoms with van der Waals surface area (Å²) in [7, 11) is 0. The lowest BCUT2D eigenvalue weighted by atomic mass is 10.2. The number of nitrogen functional groups attached to an aromatic ring is 1. The Bertz CT molecular complexity index is 713. The van der Waals surface area contributed by atoms with Gasteiger partial charge in [-0.15, -0.1) is 11.3 Å². The molecule has 0 amide bonds. The van der Waals surface area contributed by atoms with Crippen molar-refractivity contribution in [3.8, 4) is 10.6 Å². The first-order chi connectivity index (χ1) is 8.65. The maximum atomic E-state index is 13.8. The standard InChI is InChI=1S/C14H11FN2S/c1-8-5-6-11-12(7-8)18-14(17-11)13-9(15)3-2-4-10(13)16/h2-7H,16H2,1H3. The highest BCUT2D eigenvalue weighted by molar-refractivity contribution is 7.21. The molecule has 0 radical (unpaired) electrons. The van der Waals surface area contributed by atoms with Gasteiger partial charge in [-0.1, -0.05) is 12.1 Å². The van der Waals surface area contributed by atoms with Crippen LogP contribution in [0.1, 0.15) is 5.56 Å². The number of rotatable bonds is 1. The Morgan fingerprint density at radius 2 is 2.06 bits per heavy atom. The number of fused-ring (bicyclic) bond motifs is 1. The van der Waals surface area contributed by atoms with Gasteiger partial charge in [-0.25, -0.2) is 9.37 Å². The van der Waals surface area contributed by atoms with Crippen LogP contribution in [-0.4, -0.2) is 4.98 Å². The molecule has 0 bridgehead atoms. The van der Waals surface area contributed by atoms with Gasteiger partial charge in [0.05, 0.1) is 15.8 Å². The lowest BCUT2D eigenvalue weighted by Crippen LogP contribution is -1.92. The lowest BCUT2D eigenvalue weighted by Gasteiger charge is -2.02. The van der Waals surface area contributed by atoms with Gasteiger partial charge in [0.25, 0.3) is 0 Å². The van der Waals surface area contributed by atoms with E-state index in [4.69, 9.17) is 5.73 Å². The Kier molecular flexibility index (Phi) is 2.52. The Labute approximate surface area is 108 Å². The summed E-state index contributed by atoms with van der Waals surface area (Å²) >= 11 is 1.46. The van der Waals surface area contributed by atoms with Crippen molar-refractivity contribution in [2.24, 2.45) is 0 Å². The van der Waals surface area contributed by atoms with Crippen molar-refractivity contribution in [3.05, 3.63) is 47.8 Å². The monoisotopic (exact) mass is 258 g/mol. The second-order valence-corrected chi connectivity index (χ2v) is 5.22. The first kappa shape index (κ1) is 11.2. The molecular formula is C14H11FN2S. The molecule has 0 aliphatic heterocycles. The number of hydrogen-bond acceptors (Lipinski definition) is 3. The zero-order valence-electron chi connectivity index (χ0n) is 9.77. The van der Waals surface area contributed by atoms with Gasteiger partial charge >= 0.3 is 0 Å². The molecule has 2 N–H and O–H groups in total. The van der Waals surface area contributed by atoms with Crippen molar-refractivity contribution in [2.75, 3.05) is 5.73 Å². The van der Waals surface area contributed by atoms with Gasteiger partial charge in [0.1, 0.15) is 10.8 Å². The van der Waals surface area contributed by atoms with Crippen molar-refractivity contribution < 1.29 is 4.39 Å². The van der Waals surface area contributed by atoms with Gasteiger partial charge in [-0.05, 0) is 36.8 Å². The topological polar surface area (TPSA) is 38.9 Å². The summed E-state index contributed by atoms with van der Waals surface area (Å²) in [5.74, 6) is -0.328. The van der Waals surface area contributed by atoms with E-state index in [1.165, 1.54) is 23.0 Å². The lowest BCUT2D eigenvalue weighted by molar-refractivity contribution is 0.632. The highest BCUT2D eigenvalue weighted by Gasteiger charge is 2.13. The summed E-state index contributed by atoms with van der Waals surface area (Å²) in [4.78, 5) is 4.44. The molecule has 2 aromatic carbocycles. The maximum absolute atomic E-state index is 13.8. The zero-order chi connectivity index (χ0) is 12.7. The molecule has 4 heteroatoms. The number of aromatic nitrogens is 1. The number of benzene rings is 2. The minimum absolute atomic E-state index is 0.328. The number of thiazole rings is 1. The van der Waals surface area contributed by atoms with Gasteiger partial charge in [-0.3, -0.25) is 0 Å². The van der Waals surface area contributed by atoms with Crippen molar-refractivity contribution >= 4 is 27.2 Å². The predicted octanol–water partition coefficient (Wildman–Crippen LogP) is 3.99. The molecule has 2 nitrogen and oxygen atoms in total. The van der Waals surface area contributed by atoms with Gasteiger partial charge < -0.3 is 5.73 Å². The third-order valence-corrected chi connectivity index (χ3v) is 3.84. The molecule has 3 rings (SSSR count). The van der Waals surface area contributed by atoms with Crippen LogP contribution in [0.5, 0.6) is 0 Å². The minimum atomic E-state index is -0.328. The third-order valence-electron chi connectivity index (χ3n) is 2.80. The molecule has 1 aromatic heterocycles. The van der Waals surface area contributed by atoms with Crippen molar-refractivity contribution in [1.82, 2.24) is 4.98 Å². The van der Waals surface area contributed by atoms with E-state index in [1.807, 2.05) is 25.1 Å². The first-order valence-electron chi connectivity index (χ1n) is 5.57. The number of aryl methyl sites for hydroxylation is 1. The van der Waals surface area contributed by atoms with Crippen LogP contribution in [0, 0.1) is 12.7 Å². The van der Waals surface area contributed by atoms with E-state index in [-0.39, 0.29) is 5.82 Å². The third kappa shape index (κ3) is 1.75. The molecule has 0 aliphatic rings. The summed E-state index contributed by atoms with van der Waals surface area (Å²) in [6, 6.07) is 10.7. The highest BCUT2D eigenvalue weighted by atomic mass is 32.1.